The topological polar surface area (TPSA) is 49.4 Å². The van der Waals surface area contributed by atoms with E-state index in [1.54, 1.807) is 6.07 Å². The van der Waals surface area contributed by atoms with Crippen LogP contribution in [0.25, 0.3) is 0 Å². The molecule has 0 aliphatic carbocycles. The van der Waals surface area contributed by atoms with Crippen LogP contribution in [0.15, 0.2) is 27.6 Å². The lowest BCUT2D eigenvalue weighted by atomic mass is 10.2. The van der Waals surface area contributed by atoms with E-state index in [1.807, 2.05) is 19.1 Å². The van der Waals surface area contributed by atoms with Gasteiger partial charge in [-0.3, -0.25) is 4.90 Å². The molecule has 1 N–H and O–H groups in total. The summed E-state index contributed by atoms with van der Waals surface area (Å²) in [5.74, 6) is 0. The van der Waals surface area contributed by atoms with Crippen molar-refractivity contribution in [3.8, 4) is 0 Å². The van der Waals surface area contributed by atoms with E-state index in [-0.39, 0.29) is 6.04 Å². The maximum atomic E-state index is 12.3. The summed E-state index contributed by atoms with van der Waals surface area (Å²) in [5.41, 5.74) is 1.03. The number of hydrogen-bond acceptors (Lipinski definition) is 3. The SMILES string of the molecule is Cc1ccc(S(=O)(=O)NCC(C)N2CCCC2)c(Br)c1. The van der Waals surface area contributed by atoms with Crippen molar-refractivity contribution in [1.82, 2.24) is 9.62 Å². The predicted molar refractivity (Wildman–Crippen MR) is 84.3 cm³/mol. The quantitative estimate of drug-likeness (QED) is 0.877. The monoisotopic (exact) mass is 360 g/mol. The highest BCUT2D eigenvalue weighted by molar-refractivity contribution is 9.10. The van der Waals surface area contributed by atoms with E-state index >= 15 is 0 Å². The highest BCUT2D eigenvalue weighted by atomic mass is 79.9. The molecule has 1 aromatic carbocycles. The Morgan fingerprint density at radius 1 is 1.35 bits per heavy atom. The third kappa shape index (κ3) is 3.81. The van der Waals surface area contributed by atoms with Crippen LogP contribution in [0.4, 0.5) is 0 Å². The van der Waals surface area contributed by atoms with E-state index in [4.69, 9.17) is 0 Å². The lowest BCUT2D eigenvalue weighted by Crippen LogP contribution is -2.40. The molecule has 112 valence electrons. The number of likely N-dealkylation sites (tertiary alicyclic amines) is 1. The molecule has 0 spiro atoms. The van der Waals surface area contributed by atoms with Crippen LogP contribution in [0, 0.1) is 6.92 Å². The molecule has 0 radical (unpaired) electrons. The van der Waals surface area contributed by atoms with E-state index in [9.17, 15) is 8.42 Å². The fourth-order valence-electron chi connectivity index (χ4n) is 2.44. The summed E-state index contributed by atoms with van der Waals surface area (Å²) in [6.07, 6.45) is 2.42. The number of sulfonamides is 1. The Balaban J connectivity index is 2.03. The van der Waals surface area contributed by atoms with Gasteiger partial charge in [-0.1, -0.05) is 6.07 Å². The van der Waals surface area contributed by atoms with Crippen LogP contribution in [0.1, 0.15) is 25.3 Å². The number of hydrogen-bond donors (Lipinski definition) is 1. The fourth-order valence-corrected chi connectivity index (χ4v) is 4.75. The molecule has 0 amide bonds. The van der Waals surface area contributed by atoms with Gasteiger partial charge in [0.05, 0.1) is 4.90 Å². The largest absolute Gasteiger partial charge is 0.299 e. The van der Waals surface area contributed by atoms with Crippen molar-refractivity contribution in [2.75, 3.05) is 19.6 Å². The first-order valence-corrected chi connectivity index (χ1v) is 9.17. The second-order valence-corrected chi connectivity index (χ2v) is 7.97. The second-order valence-electron chi connectivity index (χ2n) is 5.38. The van der Waals surface area contributed by atoms with Crippen LogP contribution in [0.2, 0.25) is 0 Å². The van der Waals surface area contributed by atoms with Gasteiger partial charge in [-0.25, -0.2) is 13.1 Å². The summed E-state index contributed by atoms with van der Waals surface area (Å²) in [6, 6.07) is 5.50. The molecule has 1 saturated heterocycles. The minimum absolute atomic E-state index is 0.233. The fraction of sp³-hybridized carbons (Fsp3) is 0.571. The van der Waals surface area contributed by atoms with Crippen LogP contribution < -0.4 is 4.72 Å². The molecule has 1 atom stereocenters. The van der Waals surface area contributed by atoms with E-state index in [1.165, 1.54) is 12.8 Å². The minimum atomic E-state index is -3.46. The summed E-state index contributed by atoms with van der Waals surface area (Å²) in [4.78, 5) is 2.63. The van der Waals surface area contributed by atoms with Gasteiger partial charge in [0.1, 0.15) is 0 Å². The Labute approximate surface area is 129 Å². The predicted octanol–water partition coefficient (Wildman–Crippen LogP) is 2.52. The number of nitrogens with one attached hydrogen (secondary N) is 1. The average molecular weight is 361 g/mol. The lowest BCUT2D eigenvalue weighted by Gasteiger charge is -2.23. The van der Waals surface area contributed by atoms with Gasteiger partial charge in [-0.15, -0.1) is 0 Å². The van der Waals surface area contributed by atoms with Crippen molar-refractivity contribution in [3.63, 3.8) is 0 Å². The van der Waals surface area contributed by atoms with Gasteiger partial charge >= 0.3 is 0 Å². The van der Waals surface area contributed by atoms with Crippen molar-refractivity contribution in [2.24, 2.45) is 0 Å². The van der Waals surface area contributed by atoms with Crippen molar-refractivity contribution in [1.29, 1.82) is 0 Å². The van der Waals surface area contributed by atoms with Gasteiger partial charge in [-0.2, -0.15) is 0 Å². The number of aryl methyl sites for hydroxylation is 1. The van der Waals surface area contributed by atoms with Crippen LogP contribution in [0.3, 0.4) is 0 Å². The molecule has 1 aromatic rings. The summed E-state index contributed by atoms with van der Waals surface area (Å²) in [6.45, 7) is 6.58. The molecule has 1 aliphatic rings. The van der Waals surface area contributed by atoms with Gasteiger partial charge in [0, 0.05) is 17.1 Å². The molecule has 6 heteroatoms. The first-order valence-electron chi connectivity index (χ1n) is 6.90. The lowest BCUT2D eigenvalue weighted by molar-refractivity contribution is 0.260. The molecule has 1 aliphatic heterocycles. The average Bonchev–Trinajstić information content (AvgIpc) is 2.89. The molecule has 0 saturated carbocycles. The zero-order chi connectivity index (χ0) is 14.8. The second kappa shape index (κ2) is 6.56. The van der Waals surface area contributed by atoms with Crippen molar-refractivity contribution in [2.45, 2.75) is 37.6 Å². The standard InChI is InChI=1S/C14H21BrN2O2S/c1-11-5-6-14(13(15)9-11)20(18,19)16-10-12(2)17-7-3-4-8-17/h5-6,9,12,16H,3-4,7-8,10H2,1-2H3. The van der Waals surface area contributed by atoms with Crippen LogP contribution in [-0.2, 0) is 10.0 Å². The van der Waals surface area contributed by atoms with Crippen molar-refractivity contribution < 1.29 is 8.42 Å². The van der Waals surface area contributed by atoms with Gasteiger partial charge in [0.15, 0.2) is 0 Å². The van der Waals surface area contributed by atoms with E-state index < -0.39 is 10.0 Å². The maximum absolute atomic E-state index is 12.3. The van der Waals surface area contributed by atoms with Crippen molar-refractivity contribution in [3.05, 3.63) is 28.2 Å². The molecule has 1 heterocycles. The molecule has 4 nitrogen and oxygen atoms in total. The Kier molecular flexibility index (Phi) is 5.23. The highest BCUT2D eigenvalue weighted by Crippen LogP contribution is 2.23. The van der Waals surface area contributed by atoms with Gasteiger partial charge in [0.2, 0.25) is 10.0 Å². The minimum Gasteiger partial charge on any atom is -0.299 e. The molecule has 1 unspecified atom stereocenters. The number of rotatable bonds is 5. The first-order chi connectivity index (χ1) is 9.40. The summed E-state index contributed by atoms with van der Waals surface area (Å²) in [7, 11) is -3.46. The van der Waals surface area contributed by atoms with Gasteiger partial charge in [0.25, 0.3) is 0 Å². The van der Waals surface area contributed by atoms with Crippen molar-refractivity contribution >= 4 is 26.0 Å². The van der Waals surface area contributed by atoms with Gasteiger partial charge in [-0.05, 0) is 73.4 Å². The first kappa shape index (κ1) is 15.9. The molecule has 1 fully saturated rings. The Hall–Kier alpha value is -0.430. The van der Waals surface area contributed by atoms with E-state index in [0.717, 1.165) is 18.7 Å². The molecular formula is C14H21BrN2O2S. The van der Waals surface area contributed by atoms with Crippen LogP contribution in [0.5, 0.6) is 0 Å². The number of halogens is 1. The molecule has 20 heavy (non-hydrogen) atoms. The van der Waals surface area contributed by atoms with Crippen LogP contribution in [-0.4, -0.2) is 39.0 Å². The normalized spacial score (nSPS) is 18.4. The Morgan fingerprint density at radius 2 is 2.00 bits per heavy atom. The molecule has 2 rings (SSSR count). The Morgan fingerprint density at radius 3 is 2.60 bits per heavy atom. The third-order valence-corrected chi connectivity index (χ3v) is 6.11. The molecule has 0 bridgehead atoms. The van der Waals surface area contributed by atoms with Gasteiger partial charge < -0.3 is 0 Å². The Bertz CT molecular complexity index is 569. The summed E-state index contributed by atoms with van der Waals surface area (Å²) < 4.78 is 28.0. The number of nitrogens with zero attached hydrogens (tertiary/aromatic N) is 1. The van der Waals surface area contributed by atoms with Crippen LogP contribution >= 0.6 is 15.9 Å². The number of benzene rings is 1. The maximum Gasteiger partial charge on any atom is 0.241 e. The zero-order valence-corrected chi connectivity index (χ0v) is 14.3. The smallest absolute Gasteiger partial charge is 0.241 e. The van der Waals surface area contributed by atoms with E-state index in [0.29, 0.717) is 15.9 Å². The summed E-state index contributed by atoms with van der Waals surface area (Å²) in [5, 5.41) is 0. The highest BCUT2D eigenvalue weighted by Gasteiger charge is 2.22. The van der Waals surface area contributed by atoms with E-state index in [2.05, 4.69) is 32.5 Å². The molecular weight excluding hydrogens is 340 g/mol. The zero-order valence-electron chi connectivity index (χ0n) is 11.9. The third-order valence-electron chi connectivity index (χ3n) is 3.71. The molecule has 0 aromatic heterocycles. The summed E-state index contributed by atoms with van der Waals surface area (Å²) >= 11 is 3.33.